The minimum absolute atomic E-state index is 0.260. The molecular weight excluding hydrogens is 222 g/mol. The lowest BCUT2D eigenvalue weighted by Crippen LogP contribution is -1.99. The smallest absolute Gasteiger partial charge is 0.224 e. The van der Waals surface area contributed by atoms with Crippen LogP contribution in [0, 0.1) is 0 Å². The molecule has 0 fully saturated rings. The summed E-state index contributed by atoms with van der Waals surface area (Å²) in [5.74, 6) is 0.772. The number of halogens is 1. The highest BCUT2D eigenvalue weighted by atomic mass is 35.5. The first kappa shape index (κ1) is 10.9. The lowest BCUT2D eigenvalue weighted by atomic mass is 10.2. The molecule has 0 aliphatic heterocycles. The molecule has 82 valence electrons. The van der Waals surface area contributed by atoms with Crippen molar-refractivity contribution in [2.45, 2.75) is 13.3 Å². The number of aromatic nitrogens is 2. The zero-order valence-electron chi connectivity index (χ0n) is 8.94. The molecule has 0 amide bonds. The monoisotopic (exact) mass is 233 g/mol. The highest BCUT2D eigenvalue weighted by Gasteiger charge is 2.04. The molecule has 1 N–H and O–H groups in total. The van der Waals surface area contributed by atoms with E-state index in [9.17, 15) is 0 Å². The van der Waals surface area contributed by atoms with Crippen LogP contribution < -0.4 is 5.32 Å². The third kappa shape index (κ3) is 2.49. The summed E-state index contributed by atoms with van der Waals surface area (Å²) in [6, 6.07) is 9.87. The second-order valence-electron chi connectivity index (χ2n) is 3.36. The van der Waals surface area contributed by atoms with Gasteiger partial charge in [-0.2, -0.15) is 0 Å². The Morgan fingerprint density at radius 2 is 2.00 bits per heavy atom. The minimum Gasteiger partial charge on any atom is -0.340 e. The summed E-state index contributed by atoms with van der Waals surface area (Å²) in [6.45, 7) is 2.06. The second-order valence-corrected chi connectivity index (χ2v) is 3.70. The number of benzene rings is 1. The van der Waals surface area contributed by atoms with Gasteiger partial charge in [0.25, 0.3) is 0 Å². The topological polar surface area (TPSA) is 37.8 Å². The van der Waals surface area contributed by atoms with Gasteiger partial charge in [-0.3, -0.25) is 0 Å². The van der Waals surface area contributed by atoms with Gasteiger partial charge in [-0.05, 0) is 30.2 Å². The Hall–Kier alpha value is -1.61. The quantitative estimate of drug-likeness (QED) is 0.826. The van der Waals surface area contributed by atoms with Crippen LogP contribution in [0.25, 0.3) is 0 Å². The van der Waals surface area contributed by atoms with Gasteiger partial charge in [0.1, 0.15) is 5.82 Å². The van der Waals surface area contributed by atoms with Crippen molar-refractivity contribution in [1.29, 1.82) is 0 Å². The summed E-state index contributed by atoms with van der Waals surface area (Å²) in [7, 11) is 0. The highest BCUT2D eigenvalue weighted by molar-refractivity contribution is 6.28. The zero-order valence-corrected chi connectivity index (χ0v) is 9.70. The van der Waals surface area contributed by atoms with Crippen molar-refractivity contribution in [3.63, 3.8) is 0 Å². The lowest BCUT2D eigenvalue weighted by molar-refractivity contribution is 1.05. The maximum absolute atomic E-state index is 5.78. The van der Waals surface area contributed by atoms with Crippen molar-refractivity contribution >= 4 is 23.1 Å². The van der Waals surface area contributed by atoms with Gasteiger partial charge in [0, 0.05) is 17.4 Å². The van der Waals surface area contributed by atoms with E-state index in [0.717, 1.165) is 23.5 Å². The summed E-state index contributed by atoms with van der Waals surface area (Å²) in [4.78, 5) is 8.15. The molecule has 0 aliphatic rings. The molecule has 4 heteroatoms. The normalized spacial score (nSPS) is 10.1. The molecule has 1 aromatic carbocycles. The molecule has 0 saturated carbocycles. The molecule has 0 spiro atoms. The van der Waals surface area contributed by atoms with Gasteiger partial charge in [-0.15, -0.1) is 0 Å². The van der Waals surface area contributed by atoms with Gasteiger partial charge >= 0.3 is 0 Å². The predicted octanol–water partition coefficient (Wildman–Crippen LogP) is 3.44. The molecule has 0 aliphatic carbocycles. The fourth-order valence-corrected chi connectivity index (χ4v) is 1.54. The number of para-hydroxylation sites is 1. The van der Waals surface area contributed by atoms with Crippen LogP contribution in [0.1, 0.15) is 12.5 Å². The van der Waals surface area contributed by atoms with Crippen LogP contribution in [0.3, 0.4) is 0 Å². The van der Waals surface area contributed by atoms with Crippen LogP contribution in [0.15, 0.2) is 36.5 Å². The first-order valence-electron chi connectivity index (χ1n) is 5.13. The molecule has 1 heterocycles. The highest BCUT2D eigenvalue weighted by Crippen LogP contribution is 2.19. The fourth-order valence-electron chi connectivity index (χ4n) is 1.41. The Morgan fingerprint density at radius 1 is 1.25 bits per heavy atom. The first-order chi connectivity index (χ1) is 7.79. The fraction of sp³-hybridized carbons (Fsp3) is 0.167. The third-order valence-corrected chi connectivity index (χ3v) is 2.43. The van der Waals surface area contributed by atoms with E-state index in [1.54, 1.807) is 6.20 Å². The summed E-state index contributed by atoms with van der Waals surface area (Å²) < 4.78 is 0. The number of aryl methyl sites for hydroxylation is 1. The molecular formula is C12H12ClN3. The molecule has 0 radical (unpaired) electrons. The van der Waals surface area contributed by atoms with Crippen LogP contribution in [0.4, 0.5) is 11.5 Å². The Morgan fingerprint density at radius 3 is 2.69 bits per heavy atom. The van der Waals surface area contributed by atoms with Gasteiger partial charge in [0.05, 0.1) is 0 Å². The molecule has 1 aromatic heterocycles. The summed E-state index contributed by atoms with van der Waals surface area (Å²) in [5.41, 5.74) is 2.04. The Labute approximate surface area is 99.5 Å². The van der Waals surface area contributed by atoms with Gasteiger partial charge in [0.2, 0.25) is 5.28 Å². The summed E-state index contributed by atoms with van der Waals surface area (Å²) in [6.07, 6.45) is 2.62. The van der Waals surface area contributed by atoms with Gasteiger partial charge in [0.15, 0.2) is 0 Å². The number of rotatable bonds is 3. The van der Waals surface area contributed by atoms with E-state index in [-0.39, 0.29) is 5.28 Å². The standard InChI is InChI=1S/C12H12ClN3/c1-2-9-8-14-12(13)16-11(9)15-10-6-4-3-5-7-10/h3-8H,2H2,1H3,(H,14,15,16). The van der Waals surface area contributed by atoms with E-state index in [1.807, 2.05) is 30.3 Å². The molecule has 0 bridgehead atoms. The molecule has 0 unspecified atom stereocenters. The maximum atomic E-state index is 5.78. The van der Waals surface area contributed by atoms with Crippen LogP contribution in [-0.4, -0.2) is 9.97 Å². The largest absolute Gasteiger partial charge is 0.340 e. The summed E-state index contributed by atoms with van der Waals surface area (Å²) >= 11 is 5.78. The van der Waals surface area contributed by atoms with E-state index in [0.29, 0.717) is 0 Å². The van der Waals surface area contributed by atoms with Crippen molar-refractivity contribution in [3.05, 3.63) is 47.4 Å². The molecule has 0 atom stereocenters. The Balaban J connectivity index is 2.30. The van der Waals surface area contributed by atoms with Crippen LogP contribution >= 0.6 is 11.6 Å². The van der Waals surface area contributed by atoms with Gasteiger partial charge < -0.3 is 5.32 Å². The molecule has 0 saturated heterocycles. The Bertz CT molecular complexity index is 471. The minimum atomic E-state index is 0.260. The lowest BCUT2D eigenvalue weighted by Gasteiger charge is -2.09. The third-order valence-electron chi connectivity index (χ3n) is 2.25. The van der Waals surface area contributed by atoms with E-state index >= 15 is 0 Å². The molecule has 16 heavy (non-hydrogen) atoms. The number of hydrogen-bond acceptors (Lipinski definition) is 3. The van der Waals surface area contributed by atoms with E-state index < -0.39 is 0 Å². The molecule has 2 rings (SSSR count). The van der Waals surface area contributed by atoms with Crippen molar-refractivity contribution < 1.29 is 0 Å². The van der Waals surface area contributed by atoms with E-state index in [2.05, 4.69) is 22.2 Å². The average Bonchev–Trinajstić information content (AvgIpc) is 2.31. The van der Waals surface area contributed by atoms with Crippen LogP contribution in [-0.2, 0) is 6.42 Å². The average molecular weight is 234 g/mol. The predicted molar refractivity (Wildman–Crippen MR) is 66.1 cm³/mol. The van der Waals surface area contributed by atoms with Crippen LogP contribution in [0.5, 0.6) is 0 Å². The van der Waals surface area contributed by atoms with E-state index in [4.69, 9.17) is 11.6 Å². The number of nitrogens with zero attached hydrogens (tertiary/aromatic N) is 2. The van der Waals surface area contributed by atoms with E-state index in [1.165, 1.54) is 0 Å². The maximum Gasteiger partial charge on any atom is 0.224 e. The first-order valence-corrected chi connectivity index (χ1v) is 5.51. The van der Waals surface area contributed by atoms with Crippen LogP contribution in [0.2, 0.25) is 5.28 Å². The molecule has 3 nitrogen and oxygen atoms in total. The van der Waals surface area contributed by atoms with Gasteiger partial charge in [-0.25, -0.2) is 9.97 Å². The van der Waals surface area contributed by atoms with Crippen molar-refractivity contribution in [2.24, 2.45) is 0 Å². The Kier molecular flexibility index (Phi) is 3.37. The zero-order chi connectivity index (χ0) is 11.4. The second kappa shape index (κ2) is 4.94. The van der Waals surface area contributed by atoms with Gasteiger partial charge in [-0.1, -0.05) is 25.1 Å². The van der Waals surface area contributed by atoms with Crippen molar-refractivity contribution in [1.82, 2.24) is 9.97 Å². The van der Waals surface area contributed by atoms with Crippen molar-refractivity contribution in [2.75, 3.05) is 5.32 Å². The number of anilines is 2. The SMILES string of the molecule is CCc1cnc(Cl)nc1Nc1ccccc1. The number of nitrogens with one attached hydrogen (secondary N) is 1. The summed E-state index contributed by atoms with van der Waals surface area (Å²) in [5, 5.41) is 3.49. The van der Waals surface area contributed by atoms with Crippen molar-refractivity contribution in [3.8, 4) is 0 Å². The molecule has 2 aromatic rings. The number of hydrogen-bond donors (Lipinski definition) is 1.